The second-order valence-electron chi connectivity index (χ2n) is 7.29. The monoisotopic (exact) mass is 449 g/mol. The van der Waals surface area contributed by atoms with E-state index in [1.54, 1.807) is 31.2 Å². The summed E-state index contributed by atoms with van der Waals surface area (Å²) in [5.41, 5.74) is 2.09. The Kier molecular flexibility index (Phi) is 5.54. The van der Waals surface area contributed by atoms with Gasteiger partial charge in [0.15, 0.2) is 0 Å². The van der Waals surface area contributed by atoms with Gasteiger partial charge in [0.2, 0.25) is 0 Å². The van der Waals surface area contributed by atoms with Gasteiger partial charge >= 0.3 is 11.6 Å². The summed E-state index contributed by atoms with van der Waals surface area (Å²) in [5.74, 6) is -0.410. The van der Waals surface area contributed by atoms with Gasteiger partial charge in [0.05, 0.1) is 10.5 Å². The number of fused-ring (bicyclic) bond motifs is 1. The quantitative estimate of drug-likeness (QED) is 0.275. The first-order valence-electron chi connectivity index (χ1n) is 9.67. The molecule has 0 aliphatic heterocycles. The second kappa shape index (κ2) is 8.32. The Morgan fingerprint density at radius 1 is 0.906 bits per heavy atom. The summed E-state index contributed by atoms with van der Waals surface area (Å²) in [5, 5.41) is 0.745. The smallest absolute Gasteiger partial charge is 0.343 e. The lowest BCUT2D eigenvalue weighted by atomic mass is 10.1. The van der Waals surface area contributed by atoms with Gasteiger partial charge in [0.1, 0.15) is 11.3 Å². The molecular weight excluding hydrogens is 430 g/mol. The predicted octanol–water partition coefficient (Wildman–Crippen LogP) is 4.43. The minimum absolute atomic E-state index is 0.143. The number of ether oxygens (including phenoxy) is 1. The van der Waals surface area contributed by atoms with Crippen molar-refractivity contribution < 1.29 is 22.4 Å². The van der Waals surface area contributed by atoms with Crippen LogP contribution in [0.1, 0.15) is 21.5 Å². The Balaban J connectivity index is 1.49. The molecule has 7 nitrogen and oxygen atoms in total. The standard InChI is InChI=1S/C24H19NO6S/c1-15-3-10-20(11-4-15)32(28,29)25-18-7-5-17(6-8-18)24(27)30-19-9-12-21-16(2)13-23(26)31-22(21)14-19/h3-14,25H,1-2H3. The molecule has 3 aromatic carbocycles. The fourth-order valence-electron chi connectivity index (χ4n) is 3.14. The van der Waals surface area contributed by atoms with Crippen molar-refractivity contribution in [2.24, 2.45) is 0 Å². The molecule has 0 radical (unpaired) electrons. The zero-order valence-corrected chi connectivity index (χ0v) is 18.1. The van der Waals surface area contributed by atoms with E-state index in [-0.39, 0.29) is 16.2 Å². The molecule has 0 unspecified atom stereocenters. The van der Waals surface area contributed by atoms with Crippen LogP contribution in [0, 0.1) is 13.8 Å². The van der Waals surface area contributed by atoms with Crippen molar-refractivity contribution in [2.75, 3.05) is 4.72 Å². The molecule has 32 heavy (non-hydrogen) atoms. The van der Waals surface area contributed by atoms with Crippen LogP contribution in [0.15, 0.2) is 86.9 Å². The number of hydrogen-bond donors (Lipinski definition) is 1. The van der Waals surface area contributed by atoms with Crippen LogP contribution in [0.3, 0.4) is 0 Å². The molecule has 0 amide bonds. The van der Waals surface area contributed by atoms with E-state index in [2.05, 4.69) is 4.72 Å². The van der Waals surface area contributed by atoms with Gasteiger partial charge < -0.3 is 9.15 Å². The average Bonchev–Trinajstić information content (AvgIpc) is 2.74. The average molecular weight is 449 g/mol. The SMILES string of the molecule is Cc1ccc(S(=O)(=O)Nc2ccc(C(=O)Oc3ccc4c(C)cc(=O)oc4c3)cc2)cc1. The number of anilines is 1. The van der Waals surface area contributed by atoms with E-state index in [0.717, 1.165) is 16.5 Å². The van der Waals surface area contributed by atoms with Crippen LogP contribution in [0.2, 0.25) is 0 Å². The number of aryl methyl sites for hydroxylation is 2. The summed E-state index contributed by atoms with van der Waals surface area (Å²) in [6, 6.07) is 18.5. The Hall–Kier alpha value is -3.91. The van der Waals surface area contributed by atoms with Crippen LogP contribution in [-0.4, -0.2) is 14.4 Å². The number of benzene rings is 3. The van der Waals surface area contributed by atoms with Crippen molar-refractivity contribution in [1.29, 1.82) is 0 Å². The molecule has 0 atom stereocenters. The molecule has 8 heteroatoms. The first-order chi connectivity index (χ1) is 15.2. The molecule has 4 rings (SSSR count). The number of nitrogens with one attached hydrogen (secondary N) is 1. The zero-order valence-electron chi connectivity index (χ0n) is 17.3. The lowest BCUT2D eigenvalue weighted by molar-refractivity contribution is 0.0735. The maximum Gasteiger partial charge on any atom is 0.343 e. The highest BCUT2D eigenvalue weighted by atomic mass is 32.2. The van der Waals surface area contributed by atoms with Crippen LogP contribution >= 0.6 is 0 Å². The zero-order chi connectivity index (χ0) is 22.9. The molecule has 0 aliphatic rings. The molecule has 162 valence electrons. The Morgan fingerprint density at radius 2 is 1.59 bits per heavy atom. The molecule has 1 heterocycles. The minimum Gasteiger partial charge on any atom is -0.423 e. The summed E-state index contributed by atoms with van der Waals surface area (Å²) in [4.78, 5) is 24.2. The molecule has 1 aromatic heterocycles. The minimum atomic E-state index is -3.74. The van der Waals surface area contributed by atoms with Gasteiger partial charge in [-0.2, -0.15) is 0 Å². The van der Waals surface area contributed by atoms with E-state index >= 15 is 0 Å². The molecule has 1 N–H and O–H groups in total. The summed E-state index contributed by atoms with van der Waals surface area (Å²) >= 11 is 0. The van der Waals surface area contributed by atoms with Gasteiger partial charge in [0, 0.05) is 23.2 Å². The Bertz CT molecular complexity index is 1470. The van der Waals surface area contributed by atoms with Gasteiger partial charge in [0.25, 0.3) is 10.0 Å². The van der Waals surface area contributed by atoms with Crippen molar-refractivity contribution in [3.05, 3.63) is 99.9 Å². The fourth-order valence-corrected chi connectivity index (χ4v) is 4.20. The number of carbonyl (C=O) groups excluding carboxylic acids is 1. The number of rotatable bonds is 5. The van der Waals surface area contributed by atoms with Gasteiger partial charge in [-0.3, -0.25) is 4.72 Å². The van der Waals surface area contributed by atoms with E-state index in [9.17, 15) is 18.0 Å². The normalized spacial score (nSPS) is 11.3. The first kappa shape index (κ1) is 21.3. The van der Waals surface area contributed by atoms with Crippen molar-refractivity contribution >= 4 is 32.6 Å². The van der Waals surface area contributed by atoms with Crippen molar-refractivity contribution in [1.82, 2.24) is 0 Å². The highest BCUT2D eigenvalue weighted by Crippen LogP contribution is 2.23. The molecule has 0 fully saturated rings. The number of sulfonamides is 1. The Labute approximate surface area is 184 Å². The highest BCUT2D eigenvalue weighted by Gasteiger charge is 2.15. The number of hydrogen-bond acceptors (Lipinski definition) is 6. The molecule has 0 aliphatic carbocycles. The third kappa shape index (κ3) is 4.55. The molecule has 0 saturated carbocycles. The van der Waals surface area contributed by atoms with Crippen LogP contribution in [0.4, 0.5) is 5.69 Å². The summed E-state index contributed by atoms with van der Waals surface area (Å²) < 4.78 is 38.0. The van der Waals surface area contributed by atoms with Crippen LogP contribution in [-0.2, 0) is 10.0 Å². The van der Waals surface area contributed by atoms with E-state index in [1.807, 2.05) is 6.92 Å². The van der Waals surface area contributed by atoms with Gasteiger partial charge in [-0.1, -0.05) is 17.7 Å². The number of carbonyl (C=O) groups is 1. The molecule has 4 aromatic rings. The van der Waals surface area contributed by atoms with E-state index in [1.165, 1.54) is 48.5 Å². The fraction of sp³-hybridized carbons (Fsp3) is 0.0833. The van der Waals surface area contributed by atoms with Gasteiger partial charge in [-0.25, -0.2) is 18.0 Å². The van der Waals surface area contributed by atoms with Crippen LogP contribution in [0.25, 0.3) is 11.0 Å². The summed E-state index contributed by atoms with van der Waals surface area (Å²) in [7, 11) is -3.74. The summed E-state index contributed by atoms with van der Waals surface area (Å²) in [6.07, 6.45) is 0. The van der Waals surface area contributed by atoms with E-state index in [0.29, 0.717) is 11.3 Å². The predicted molar refractivity (Wildman–Crippen MR) is 121 cm³/mol. The molecule has 0 saturated heterocycles. The van der Waals surface area contributed by atoms with E-state index < -0.39 is 21.6 Å². The third-order valence-corrected chi connectivity index (χ3v) is 6.23. The number of esters is 1. The van der Waals surface area contributed by atoms with Gasteiger partial charge in [-0.15, -0.1) is 0 Å². The maximum absolute atomic E-state index is 12.5. The maximum atomic E-state index is 12.5. The van der Waals surface area contributed by atoms with Crippen LogP contribution in [0.5, 0.6) is 5.75 Å². The van der Waals surface area contributed by atoms with Gasteiger partial charge in [-0.05, 0) is 67.9 Å². The highest BCUT2D eigenvalue weighted by molar-refractivity contribution is 7.92. The summed E-state index contributed by atoms with van der Waals surface area (Å²) in [6.45, 7) is 3.66. The first-order valence-corrected chi connectivity index (χ1v) is 11.2. The lowest BCUT2D eigenvalue weighted by Crippen LogP contribution is -2.13. The van der Waals surface area contributed by atoms with Crippen molar-refractivity contribution in [3.8, 4) is 5.75 Å². The molecular formula is C24H19NO6S. The van der Waals surface area contributed by atoms with Crippen molar-refractivity contribution in [3.63, 3.8) is 0 Å². The topological polar surface area (TPSA) is 103 Å². The Morgan fingerprint density at radius 3 is 2.28 bits per heavy atom. The van der Waals surface area contributed by atoms with Crippen LogP contribution < -0.4 is 15.1 Å². The largest absolute Gasteiger partial charge is 0.423 e. The molecule has 0 spiro atoms. The molecule has 0 bridgehead atoms. The second-order valence-corrected chi connectivity index (χ2v) is 8.97. The third-order valence-electron chi connectivity index (χ3n) is 4.84. The lowest BCUT2D eigenvalue weighted by Gasteiger charge is -2.09. The van der Waals surface area contributed by atoms with E-state index in [4.69, 9.17) is 9.15 Å². The van der Waals surface area contributed by atoms with Crippen molar-refractivity contribution in [2.45, 2.75) is 18.7 Å².